The summed E-state index contributed by atoms with van der Waals surface area (Å²) in [4.78, 5) is 0. The summed E-state index contributed by atoms with van der Waals surface area (Å²) in [5.41, 5.74) is 0.763. The zero-order chi connectivity index (χ0) is 10.4. The van der Waals surface area contributed by atoms with Crippen LogP contribution in [0.5, 0.6) is 0 Å². The van der Waals surface area contributed by atoms with E-state index in [4.69, 9.17) is 12.2 Å². The van der Waals surface area contributed by atoms with E-state index in [2.05, 4.69) is 6.58 Å². The van der Waals surface area contributed by atoms with E-state index in [-0.39, 0.29) is 5.76 Å². The molecule has 0 saturated carbocycles. The summed E-state index contributed by atoms with van der Waals surface area (Å²) < 4.78 is 0.598. The SMILES string of the molecule is C=CSC(=S)/C=C(\O)c1ccccc1. The summed E-state index contributed by atoms with van der Waals surface area (Å²) in [5, 5.41) is 11.3. The highest BCUT2D eigenvalue weighted by Crippen LogP contribution is 2.14. The molecule has 1 nitrogen and oxygen atoms in total. The molecule has 0 aliphatic carbocycles. The molecule has 14 heavy (non-hydrogen) atoms. The minimum Gasteiger partial charge on any atom is -0.507 e. The first-order chi connectivity index (χ1) is 6.74. The minimum atomic E-state index is 0.185. The zero-order valence-electron chi connectivity index (χ0n) is 7.51. The summed E-state index contributed by atoms with van der Waals surface area (Å²) in [5.74, 6) is 0.185. The number of aliphatic hydroxyl groups is 1. The van der Waals surface area contributed by atoms with Gasteiger partial charge in [0.25, 0.3) is 0 Å². The molecule has 0 fully saturated rings. The van der Waals surface area contributed by atoms with Gasteiger partial charge in [-0.05, 0) is 5.41 Å². The Morgan fingerprint density at radius 1 is 1.36 bits per heavy atom. The van der Waals surface area contributed by atoms with Crippen LogP contribution in [0.2, 0.25) is 0 Å². The van der Waals surface area contributed by atoms with Gasteiger partial charge in [-0.1, -0.05) is 60.9 Å². The molecule has 3 heteroatoms. The standard InChI is InChI=1S/C11H10OS2/c1-2-14-11(13)8-10(12)9-6-4-3-5-7-9/h2-8,12H,1H2/b10-8-. The number of hydrogen-bond donors (Lipinski definition) is 1. The van der Waals surface area contributed by atoms with Crippen LogP contribution >= 0.6 is 24.0 Å². The number of aliphatic hydroxyl groups excluding tert-OH is 1. The molecule has 0 bridgehead atoms. The third-order valence-corrected chi connectivity index (χ3v) is 2.45. The van der Waals surface area contributed by atoms with Crippen LogP contribution in [0.25, 0.3) is 5.76 Å². The summed E-state index contributed by atoms with van der Waals surface area (Å²) in [6, 6.07) is 9.28. The Labute approximate surface area is 93.2 Å². The Morgan fingerprint density at radius 2 is 2.00 bits per heavy atom. The molecule has 0 atom stereocenters. The van der Waals surface area contributed by atoms with Crippen LogP contribution in [0, 0.1) is 0 Å². The lowest BCUT2D eigenvalue weighted by Gasteiger charge is -1.99. The van der Waals surface area contributed by atoms with Gasteiger partial charge in [0.05, 0.1) is 4.20 Å². The fraction of sp³-hybridized carbons (Fsp3) is 0. The number of thiocarbonyl (C=S) groups is 1. The van der Waals surface area contributed by atoms with E-state index in [0.717, 1.165) is 5.56 Å². The number of rotatable bonds is 3. The Bertz CT molecular complexity index is 355. The second-order valence-corrected chi connectivity index (χ2v) is 4.21. The first-order valence-electron chi connectivity index (χ1n) is 4.01. The lowest BCUT2D eigenvalue weighted by atomic mass is 10.2. The first kappa shape index (κ1) is 11.0. The molecule has 0 aliphatic rings. The van der Waals surface area contributed by atoms with Gasteiger partial charge in [0, 0.05) is 11.6 Å². The summed E-state index contributed by atoms with van der Waals surface area (Å²) in [6.07, 6.45) is 1.55. The lowest BCUT2D eigenvalue weighted by molar-refractivity contribution is 0.512. The second kappa shape index (κ2) is 5.62. The zero-order valence-corrected chi connectivity index (χ0v) is 9.15. The van der Waals surface area contributed by atoms with Gasteiger partial charge < -0.3 is 5.11 Å². The summed E-state index contributed by atoms with van der Waals surface area (Å²) in [6.45, 7) is 3.55. The highest BCUT2D eigenvalue weighted by molar-refractivity contribution is 8.25. The Balaban J connectivity index is 2.79. The Hall–Kier alpha value is -1.06. The van der Waals surface area contributed by atoms with Crippen molar-refractivity contribution < 1.29 is 5.11 Å². The van der Waals surface area contributed by atoms with E-state index in [1.54, 1.807) is 11.5 Å². The van der Waals surface area contributed by atoms with E-state index in [1.807, 2.05) is 30.3 Å². The molecular formula is C11H10OS2. The van der Waals surface area contributed by atoms with Crippen LogP contribution in [-0.2, 0) is 0 Å². The Kier molecular flexibility index (Phi) is 4.43. The minimum absolute atomic E-state index is 0.185. The smallest absolute Gasteiger partial charge is 0.124 e. The molecule has 0 unspecified atom stereocenters. The number of benzene rings is 1. The normalized spacial score (nSPS) is 11.0. The van der Waals surface area contributed by atoms with Gasteiger partial charge in [0.15, 0.2) is 0 Å². The molecular weight excluding hydrogens is 212 g/mol. The predicted molar refractivity (Wildman–Crippen MR) is 67.4 cm³/mol. The molecule has 0 spiro atoms. The van der Waals surface area contributed by atoms with Gasteiger partial charge in [-0.25, -0.2) is 0 Å². The molecule has 1 N–H and O–H groups in total. The van der Waals surface area contributed by atoms with E-state index in [1.165, 1.54) is 11.8 Å². The molecule has 0 aromatic heterocycles. The Morgan fingerprint density at radius 3 is 2.57 bits per heavy atom. The van der Waals surface area contributed by atoms with Crippen LogP contribution < -0.4 is 0 Å². The van der Waals surface area contributed by atoms with Gasteiger partial charge in [0.1, 0.15) is 5.76 Å². The largest absolute Gasteiger partial charge is 0.507 e. The molecule has 0 amide bonds. The van der Waals surface area contributed by atoms with E-state index in [9.17, 15) is 5.11 Å². The molecule has 0 radical (unpaired) electrons. The molecule has 1 aromatic carbocycles. The van der Waals surface area contributed by atoms with Crippen LogP contribution in [0.15, 0.2) is 48.4 Å². The third kappa shape index (κ3) is 3.36. The fourth-order valence-electron chi connectivity index (χ4n) is 0.920. The molecule has 1 rings (SSSR count). The van der Waals surface area contributed by atoms with E-state index < -0.39 is 0 Å². The summed E-state index contributed by atoms with van der Waals surface area (Å²) in [7, 11) is 0. The van der Waals surface area contributed by atoms with Crippen molar-refractivity contribution in [1.82, 2.24) is 0 Å². The van der Waals surface area contributed by atoms with Crippen LogP contribution in [0.3, 0.4) is 0 Å². The van der Waals surface area contributed by atoms with Crippen LogP contribution in [0.1, 0.15) is 5.56 Å². The van der Waals surface area contributed by atoms with Crippen molar-refractivity contribution >= 4 is 33.9 Å². The molecule has 0 aliphatic heterocycles. The van der Waals surface area contributed by atoms with Gasteiger partial charge in [-0.3, -0.25) is 0 Å². The topological polar surface area (TPSA) is 20.2 Å². The highest BCUT2D eigenvalue weighted by Gasteiger charge is 1.98. The van der Waals surface area contributed by atoms with E-state index in [0.29, 0.717) is 4.20 Å². The van der Waals surface area contributed by atoms with Crippen molar-refractivity contribution in [2.24, 2.45) is 0 Å². The maximum absolute atomic E-state index is 9.64. The van der Waals surface area contributed by atoms with Crippen molar-refractivity contribution in [1.29, 1.82) is 0 Å². The van der Waals surface area contributed by atoms with Gasteiger partial charge in [0.2, 0.25) is 0 Å². The third-order valence-electron chi connectivity index (χ3n) is 1.52. The van der Waals surface area contributed by atoms with Crippen molar-refractivity contribution in [3.05, 3.63) is 54.0 Å². The average Bonchev–Trinajstić information content (AvgIpc) is 2.19. The maximum Gasteiger partial charge on any atom is 0.124 e. The van der Waals surface area contributed by atoms with Gasteiger partial charge >= 0.3 is 0 Å². The number of hydrogen-bond acceptors (Lipinski definition) is 3. The highest BCUT2D eigenvalue weighted by atomic mass is 32.2. The van der Waals surface area contributed by atoms with Gasteiger partial charge in [-0.15, -0.1) is 0 Å². The average molecular weight is 222 g/mol. The van der Waals surface area contributed by atoms with Crippen molar-refractivity contribution in [3.8, 4) is 0 Å². The summed E-state index contributed by atoms with van der Waals surface area (Å²) >= 11 is 6.30. The monoisotopic (exact) mass is 222 g/mol. The first-order valence-corrected chi connectivity index (χ1v) is 5.30. The predicted octanol–water partition coefficient (Wildman–Crippen LogP) is 3.79. The molecule has 72 valence electrons. The number of thioether (sulfide) groups is 1. The second-order valence-electron chi connectivity index (χ2n) is 2.50. The fourth-order valence-corrected chi connectivity index (χ4v) is 1.58. The van der Waals surface area contributed by atoms with Crippen LogP contribution in [-0.4, -0.2) is 9.30 Å². The molecule has 0 saturated heterocycles. The molecule has 0 heterocycles. The lowest BCUT2D eigenvalue weighted by Crippen LogP contribution is -1.86. The molecule has 1 aromatic rings. The maximum atomic E-state index is 9.64. The van der Waals surface area contributed by atoms with Crippen molar-refractivity contribution in [2.75, 3.05) is 0 Å². The van der Waals surface area contributed by atoms with Crippen molar-refractivity contribution in [3.63, 3.8) is 0 Å². The van der Waals surface area contributed by atoms with Crippen LogP contribution in [0.4, 0.5) is 0 Å². The van der Waals surface area contributed by atoms with Gasteiger partial charge in [-0.2, -0.15) is 0 Å². The van der Waals surface area contributed by atoms with Crippen molar-refractivity contribution in [2.45, 2.75) is 0 Å². The quantitative estimate of drug-likeness (QED) is 0.477. The van der Waals surface area contributed by atoms with E-state index >= 15 is 0 Å².